The highest BCUT2D eigenvalue weighted by atomic mass is 32.1. The predicted octanol–water partition coefficient (Wildman–Crippen LogP) is 4.71. The number of nitrogens with zero attached hydrogens (tertiary/aromatic N) is 1. The lowest BCUT2D eigenvalue weighted by atomic mass is 9.77. The van der Waals surface area contributed by atoms with E-state index in [-0.39, 0.29) is 28.5 Å². The first-order chi connectivity index (χ1) is 12.3. The van der Waals surface area contributed by atoms with Gasteiger partial charge in [-0.3, -0.25) is 4.79 Å². The fourth-order valence-electron chi connectivity index (χ4n) is 3.63. The van der Waals surface area contributed by atoms with Crippen molar-refractivity contribution in [1.82, 2.24) is 0 Å². The van der Waals surface area contributed by atoms with Crippen molar-refractivity contribution in [2.75, 3.05) is 6.61 Å². The summed E-state index contributed by atoms with van der Waals surface area (Å²) in [6, 6.07) is 0. The third kappa shape index (κ3) is 3.75. The molecule has 0 saturated heterocycles. The van der Waals surface area contributed by atoms with Crippen LogP contribution in [0.3, 0.4) is 0 Å². The highest BCUT2D eigenvalue weighted by Gasteiger charge is 2.32. The molecular weight excluding hydrogens is 350 g/mol. The average molecular weight is 375 g/mol. The Morgan fingerprint density at radius 2 is 2.04 bits per heavy atom. The number of hydrogen-bond acceptors (Lipinski definition) is 6. The predicted molar refractivity (Wildman–Crippen MR) is 103 cm³/mol. The van der Waals surface area contributed by atoms with Gasteiger partial charge in [0.05, 0.1) is 17.7 Å². The Hall–Kier alpha value is -1.95. The summed E-state index contributed by atoms with van der Waals surface area (Å²) in [7, 11) is 0. The van der Waals surface area contributed by atoms with Gasteiger partial charge in [0.25, 0.3) is 0 Å². The number of aliphatic imine (C=N–C) groups is 1. The lowest BCUT2D eigenvalue weighted by molar-refractivity contribution is -0.117. The second kappa shape index (κ2) is 7.35. The van der Waals surface area contributed by atoms with E-state index >= 15 is 0 Å². The summed E-state index contributed by atoms with van der Waals surface area (Å²) in [5.41, 5.74) is 1.59. The number of allylic oxidation sites excluding steroid dienone is 2. The van der Waals surface area contributed by atoms with Gasteiger partial charge in [0.1, 0.15) is 10.8 Å². The van der Waals surface area contributed by atoms with E-state index in [1.54, 1.807) is 6.92 Å². The van der Waals surface area contributed by atoms with Crippen molar-refractivity contribution in [3.8, 4) is 0 Å². The van der Waals surface area contributed by atoms with Crippen molar-refractivity contribution < 1.29 is 19.4 Å². The van der Waals surface area contributed by atoms with Crippen LogP contribution in [0.2, 0.25) is 0 Å². The number of aliphatic hydroxyl groups excluding tert-OH is 1. The number of carbonyl (C=O) groups is 2. The van der Waals surface area contributed by atoms with E-state index in [0.717, 1.165) is 31.2 Å². The molecule has 0 spiro atoms. The topological polar surface area (TPSA) is 76.0 Å². The van der Waals surface area contributed by atoms with E-state index in [9.17, 15) is 14.7 Å². The molecule has 140 valence electrons. The van der Waals surface area contributed by atoms with Gasteiger partial charge >= 0.3 is 5.97 Å². The summed E-state index contributed by atoms with van der Waals surface area (Å²) in [6.45, 7) is 6.01. The smallest absolute Gasteiger partial charge is 0.341 e. The summed E-state index contributed by atoms with van der Waals surface area (Å²) in [6.07, 6.45) is 6.22. The first-order valence-corrected chi connectivity index (χ1v) is 9.95. The Bertz CT molecular complexity index is 801. The van der Waals surface area contributed by atoms with Crippen LogP contribution in [0.25, 0.3) is 0 Å². The number of carbonyl (C=O) groups excluding carboxylic acids is 2. The first-order valence-electron chi connectivity index (χ1n) is 9.13. The number of aryl methyl sites for hydroxylation is 1. The van der Waals surface area contributed by atoms with Crippen molar-refractivity contribution in [1.29, 1.82) is 0 Å². The third-order valence-corrected chi connectivity index (χ3v) is 6.04. The summed E-state index contributed by atoms with van der Waals surface area (Å²) in [5.74, 6) is -0.385. The molecular formula is C20H25NO4S. The van der Waals surface area contributed by atoms with Gasteiger partial charge < -0.3 is 9.84 Å². The largest absolute Gasteiger partial charge is 0.511 e. The van der Waals surface area contributed by atoms with E-state index in [1.165, 1.54) is 22.4 Å². The van der Waals surface area contributed by atoms with E-state index < -0.39 is 0 Å². The van der Waals surface area contributed by atoms with Gasteiger partial charge in [0.2, 0.25) is 0 Å². The van der Waals surface area contributed by atoms with Crippen molar-refractivity contribution in [3.63, 3.8) is 0 Å². The number of ether oxygens (including phenoxy) is 1. The minimum absolute atomic E-state index is 0.0778. The van der Waals surface area contributed by atoms with Crippen LogP contribution in [0, 0.1) is 5.41 Å². The van der Waals surface area contributed by atoms with Gasteiger partial charge in [-0.25, -0.2) is 9.79 Å². The van der Waals surface area contributed by atoms with Gasteiger partial charge in [-0.1, -0.05) is 13.8 Å². The second-order valence-electron chi connectivity index (χ2n) is 7.67. The molecule has 1 aromatic rings. The third-order valence-electron chi connectivity index (χ3n) is 4.84. The molecule has 1 aromatic heterocycles. The molecule has 3 rings (SSSR count). The van der Waals surface area contributed by atoms with Crippen LogP contribution in [0.5, 0.6) is 0 Å². The first kappa shape index (κ1) is 18.8. The van der Waals surface area contributed by atoms with Gasteiger partial charge in [-0.05, 0) is 43.6 Å². The van der Waals surface area contributed by atoms with Gasteiger partial charge in [0.15, 0.2) is 5.78 Å². The minimum atomic E-state index is -0.353. The van der Waals surface area contributed by atoms with Crippen molar-refractivity contribution in [2.24, 2.45) is 10.4 Å². The molecule has 2 aliphatic rings. The number of fused-ring (bicyclic) bond motifs is 1. The molecule has 1 N–H and O–H groups in total. The summed E-state index contributed by atoms with van der Waals surface area (Å²) in [5, 5.41) is 10.8. The molecule has 6 heteroatoms. The van der Waals surface area contributed by atoms with Crippen LogP contribution in [0.15, 0.2) is 16.3 Å². The minimum Gasteiger partial charge on any atom is -0.511 e. The van der Waals surface area contributed by atoms with E-state index in [1.807, 2.05) is 13.8 Å². The number of rotatable bonds is 4. The zero-order valence-electron chi connectivity index (χ0n) is 15.6. The maximum absolute atomic E-state index is 12.4. The molecule has 2 aliphatic carbocycles. The molecule has 26 heavy (non-hydrogen) atoms. The Labute approximate surface area is 157 Å². The molecule has 0 unspecified atom stereocenters. The number of hydrogen-bond donors (Lipinski definition) is 1. The monoisotopic (exact) mass is 375 g/mol. The summed E-state index contributed by atoms with van der Waals surface area (Å²) < 4.78 is 5.22. The summed E-state index contributed by atoms with van der Waals surface area (Å²) >= 11 is 1.49. The van der Waals surface area contributed by atoms with Gasteiger partial charge in [0, 0.05) is 23.9 Å². The summed E-state index contributed by atoms with van der Waals surface area (Å²) in [4.78, 5) is 30.4. The fraction of sp³-hybridized carbons (Fsp3) is 0.550. The molecule has 0 fully saturated rings. The number of ketones is 1. The quantitative estimate of drug-likeness (QED) is 0.611. The molecule has 0 saturated carbocycles. The normalized spacial score (nSPS) is 19.7. The number of esters is 1. The Morgan fingerprint density at radius 3 is 2.73 bits per heavy atom. The fourth-order valence-corrected chi connectivity index (χ4v) is 4.85. The van der Waals surface area contributed by atoms with Gasteiger partial charge in [-0.15, -0.1) is 11.3 Å². The average Bonchev–Trinajstić information content (AvgIpc) is 2.91. The van der Waals surface area contributed by atoms with E-state index in [4.69, 9.17) is 4.74 Å². The Balaban J connectivity index is 1.97. The van der Waals surface area contributed by atoms with Gasteiger partial charge in [-0.2, -0.15) is 0 Å². The van der Waals surface area contributed by atoms with Crippen LogP contribution in [0.4, 0.5) is 5.00 Å². The number of thiophene rings is 1. The second-order valence-corrected chi connectivity index (χ2v) is 8.75. The van der Waals surface area contributed by atoms with Crippen molar-refractivity contribution >= 4 is 34.3 Å². The SMILES string of the molecule is CCOC(=O)c1c(/N=C/C2=C(O)CC(C)(C)CC2=O)sc2c1CCCC2. The van der Waals surface area contributed by atoms with E-state index in [0.29, 0.717) is 30.0 Å². The van der Waals surface area contributed by atoms with Crippen LogP contribution < -0.4 is 0 Å². The molecule has 0 aromatic carbocycles. The highest BCUT2D eigenvalue weighted by Crippen LogP contribution is 2.41. The standard InChI is InChI=1S/C20H25NO4S/c1-4-25-19(24)17-12-7-5-6-8-16(12)26-18(17)21-11-13-14(22)9-20(2,3)10-15(13)23/h11,22H,4-10H2,1-3H3/b21-11+. The zero-order valence-corrected chi connectivity index (χ0v) is 16.4. The maximum atomic E-state index is 12.4. The van der Waals surface area contributed by atoms with Crippen LogP contribution in [-0.2, 0) is 22.4 Å². The number of aliphatic hydroxyl groups is 1. The van der Waals surface area contributed by atoms with Crippen molar-refractivity contribution in [2.45, 2.75) is 59.3 Å². The Morgan fingerprint density at radius 1 is 1.31 bits per heavy atom. The van der Waals surface area contributed by atoms with Crippen LogP contribution >= 0.6 is 11.3 Å². The van der Waals surface area contributed by atoms with Crippen molar-refractivity contribution in [3.05, 3.63) is 27.3 Å². The molecule has 0 aliphatic heterocycles. The van der Waals surface area contributed by atoms with E-state index in [2.05, 4.69) is 4.99 Å². The lowest BCUT2D eigenvalue weighted by Crippen LogP contribution is -2.26. The molecule has 0 atom stereocenters. The molecule has 1 heterocycles. The number of Topliss-reactive ketones (excluding diaryl/α,β-unsaturated/α-hetero) is 1. The molecule has 0 bridgehead atoms. The maximum Gasteiger partial charge on any atom is 0.341 e. The molecule has 0 amide bonds. The molecule has 5 nitrogen and oxygen atoms in total. The van der Waals surface area contributed by atoms with Crippen LogP contribution in [-0.4, -0.2) is 29.7 Å². The molecule has 0 radical (unpaired) electrons. The van der Waals surface area contributed by atoms with Crippen LogP contribution in [0.1, 0.15) is 67.3 Å². The highest BCUT2D eigenvalue weighted by molar-refractivity contribution is 7.16. The zero-order chi connectivity index (χ0) is 18.9. The Kier molecular flexibility index (Phi) is 5.32. The lowest BCUT2D eigenvalue weighted by Gasteiger charge is -2.28.